The summed E-state index contributed by atoms with van der Waals surface area (Å²) in [6.07, 6.45) is 7.32. The number of aromatic amines is 1. The van der Waals surface area contributed by atoms with Crippen LogP contribution in [0.4, 0.5) is 0 Å². The number of nitrogens with one attached hydrogen (secondary N) is 1. The first kappa shape index (κ1) is 44.0. The monoisotopic (exact) mass is 1000 g/mol. The van der Waals surface area contributed by atoms with Crippen molar-refractivity contribution in [2.75, 3.05) is 0 Å². The second kappa shape index (κ2) is 17.6. The van der Waals surface area contributed by atoms with Crippen LogP contribution in [0.15, 0.2) is 225 Å². The number of para-hydroxylation sites is 4. The zero-order valence-corrected chi connectivity index (χ0v) is 41.1. The molecule has 0 amide bonds. The summed E-state index contributed by atoms with van der Waals surface area (Å²) in [5.74, 6) is 2.34. The Balaban J connectivity index is 1.12. The fourth-order valence-corrected chi connectivity index (χ4v) is 11.0. The molecule has 0 unspecified atom stereocenters. The lowest BCUT2D eigenvalue weighted by molar-refractivity contribution is -0.569. The van der Waals surface area contributed by atoms with Crippen molar-refractivity contribution in [3.63, 3.8) is 0 Å². The number of allylic oxidation sites excluding steroid dienone is 1. The van der Waals surface area contributed by atoms with E-state index in [9.17, 15) is 5.26 Å². The highest BCUT2D eigenvalue weighted by molar-refractivity contribution is 6.14. The average Bonchev–Trinajstić information content (AvgIpc) is 4.53. The van der Waals surface area contributed by atoms with Crippen molar-refractivity contribution in [1.29, 1.82) is 5.26 Å². The number of benzene rings is 6. The molecule has 0 saturated carbocycles. The molecule has 6 aromatic carbocycles. The minimum atomic E-state index is -0.0950. The van der Waals surface area contributed by atoms with Gasteiger partial charge in [-0.25, -0.2) is 50.0 Å². The standard InChI is InChI=1S/C64H36N14/c1-66-53(38-65)54-45-34-39(57-70-52-29-17-33-75(64(52)74-57)41-18-6-2-7-19-41)35-47(59-72-50-27-15-31-68-62(50)77(59)43-22-10-4-11-23-43)55(45)56-46(54)36-40(58-71-49-26-14-30-67-61(49)76(58)42-20-8-3-9-21-42)37-48(56)60-73-51-28-16-32-69-63(51)78(60)44-24-12-5-13-25-44/h2-37H/p+1. The van der Waals surface area contributed by atoms with Crippen LogP contribution < -0.4 is 4.57 Å². The van der Waals surface area contributed by atoms with Crippen LogP contribution in [0.1, 0.15) is 11.1 Å². The third kappa shape index (κ3) is 6.81. The highest BCUT2D eigenvalue weighted by Gasteiger charge is 2.37. The number of aromatic nitrogens is 12. The average molecular weight is 1000 g/mol. The molecule has 1 aliphatic rings. The van der Waals surface area contributed by atoms with E-state index < -0.39 is 0 Å². The van der Waals surface area contributed by atoms with Gasteiger partial charge < -0.3 is 0 Å². The van der Waals surface area contributed by atoms with Crippen LogP contribution in [0.25, 0.3) is 135 Å². The van der Waals surface area contributed by atoms with Crippen LogP contribution in [0.3, 0.4) is 0 Å². The number of imidazole rings is 4. The number of nitriles is 1. The normalized spacial score (nSPS) is 12.5. The van der Waals surface area contributed by atoms with Gasteiger partial charge in [-0.3, -0.25) is 13.7 Å². The molecule has 14 aromatic rings. The van der Waals surface area contributed by atoms with Crippen molar-refractivity contribution >= 4 is 50.2 Å². The summed E-state index contributed by atoms with van der Waals surface area (Å²) in [5.41, 5.74) is 14.9. The Labute approximate surface area is 444 Å². The van der Waals surface area contributed by atoms with Crippen molar-refractivity contribution in [2.45, 2.75) is 0 Å². The Bertz CT molecular complexity index is 4850. The SMILES string of the molecule is [C-]#[N+]C(C#N)=C1c2cc(-c3nc4ccc[n+](-c5ccccc5)c4[nH]3)cc(-c3nc4cccnc4n3-c3ccccc3)c2-c2c1cc(-c1nc3cccnc3n1-c1ccccc1)cc2-c1nc2cccnc2n1-c1ccccc1. The first-order valence-corrected chi connectivity index (χ1v) is 25.1. The van der Waals surface area contributed by atoms with Gasteiger partial charge in [0.25, 0.3) is 5.70 Å². The minimum absolute atomic E-state index is 0.0950. The van der Waals surface area contributed by atoms with E-state index in [-0.39, 0.29) is 5.70 Å². The molecule has 1 aliphatic carbocycles. The fraction of sp³-hybridized carbons (Fsp3) is 0. The van der Waals surface area contributed by atoms with Crippen LogP contribution in [0, 0.1) is 17.9 Å². The largest absolute Gasteiger partial charge is 0.312 e. The van der Waals surface area contributed by atoms with Gasteiger partial charge in [0.1, 0.15) is 39.7 Å². The molecule has 15 rings (SSSR count). The number of H-pyrrole nitrogens is 1. The molecule has 0 spiro atoms. The number of pyridine rings is 4. The third-order valence-electron chi connectivity index (χ3n) is 14.3. The molecule has 0 radical (unpaired) electrons. The highest BCUT2D eigenvalue weighted by Crippen LogP contribution is 2.56. The number of fused-ring (bicyclic) bond motifs is 7. The number of hydrogen-bond donors (Lipinski definition) is 1. The maximum Gasteiger partial charge on any atom is 0.312 e. The van der Waals surface area contributed by atoms with Gasteiger partial charge in [0.05, 0.1) is 18.8 Å². The van der Waals surface area contributed by atoms with E-state index in [1.165, 1.54) is 0 Å². The van der Waals surface area contributed by atoms with Crippen LogP contribution in [0.2, 0.25) is 0 Å². The summed E-state index contributed by atoms with van der Waals surface area (Å²) < 4.78 is 8.28. The molecule has 8 aromatic heterocycles. The Morgan fingerprint density at radius 3 is 1.41 bits per heavy atom. The second-order valence-electron chi connectivity index (χ2n) is 18.7. The lowest BCUT2D eigenvalue weighted by atomic mass is 9.91. The van der Waals surface area contributed by atoms with Crippen molar-refractivity contribution in [3.05, 3.63) is 247 Å². The Morgan fingerprint density at radius 1 is 0.474 bits per heavy atom. The smallest absolute Gasteiger partial charge is 0.277 e. The second-order valence-corrected chi connectivity index (χ2v) is 18.7. The zero-order chi connectivity index (χ0) is 51.8. The first-order valence-electron chi connectivity index (χ1n) is 25.1. The number of rotatable bonds is 8. The number of hydrogen-bond acceptors (Lipinski definition) is 8. The molecule has 362 valence electrons. The molecule has 1 N–H and O–H groups in total. The molecule has 0 bridgehead atoms. The van der Waals surface area contributed by atoms with Gasteiger partial charge in [-0.05, 0) is 132 Å². The van der Waals surface area contributed by atoms with E-state index in [1.807, 2.05) is 170 Å². The topological polar surface area (TPSA) is 153 Å². The summed E-state index contributed by atoms with van der Waals surface area (Å²) in [6, 6.07) is 66.4. The van der Waals surface area contributed by atoms with Crippen molar-refractivity contribution in [2.24, 2.45) is 0 Å². The Morgan fingerprint density at radius 2 is 0.910 bits per heavy atom. The van der Waals surface area contributed by atoms with Crippen LogP contribution >= 0.6 is 0 Å². The highest BCUT2D eigenvalue weighted by atomic mass is 15.2. The predicted molar refractivity (Wildman–Crippen MR) is 300 cm³/mol. The summed E-state index contributed by atoms with van der Waals surface area (Å²) >= 11 is 0. The van der Waals surface area contributed by atoms with Crippen LogP contribution in [0.5, 0.6) is 0 Å². The summed E-state index contributed by atoms with van der Waals surface area (Å²) in [6.45, 7) is 8.76. The molecule has 14 heteroatoms. The van der Waals surface area contributed by atoms with Gasteiger partial charge in [-0.15, -0.1) is 0 Å². The molecule has 78 heavy (non-hydrogen) atoms. The molecule has 0 fully saturated rings. The molecule has 14 nitrogen and oxygen atoms in total. The fourth-order valence-electron chi connectivity index (χ4n) is 11.0. The van der Waals surface area contributed by atoms with Gasteiger partial charge in [0.15, 0.2) is 22.5 Å². The minimum Gasteiger partial charge on any atom is -0.277 e. The Kier molecular flexibility index (Phi) is 9.93. The summed E-state index contributed by atoms with van der Waals surface area (Å²) in [7, 11) is 0. The van der Waals surface area contributed by atoms with Crippen LogP contribution in [-0.4, -0.2) is 53.6 Å². The molecule has 0 aliphatic heterocycles. The number of nitrogens with zero attached hydrogens (tertiary/aromatic N) is 13. The zero-order valence-electron chi connectivity index (χ0n) is 41.1. The van der Waals surface area contributed by atoms with E-state index in [0.29, 0.717) is 95.7 Å². The van der Waals surface area contributed by atoms with Crippen molar-refractivity contribution in [1.82, 2.24) is 53.6 Å². The lowest BCUT2D eigenvalue weighted by Gasteiger charge is -2.18. The van der Waals surface area contributed by atoms with Gasteiger partial charge in [-0.2, -0.15) is 4.57 Å². The lowest BCUT2D eigenvalue weighted by Crippen LogP contribution is -2.31. The van der Waals surface area contributed by atoms with Crippen molar-refractivity contribution < 1.29 is 4.57 Å². The van der Waals surface area contributed by atoms with E-state index in [2.05, 4.69) is 64.5 Å². The van der Waals surface area contributed by atoms with Crippen LogP contribution in [-0.2, 0) is 0 Å². The molecule has 0 atom stereocenters. The predicted octanol–water partition coefficient (Wildman–Crippen LogP) is 12.9. The Hall–Kier alpha value is -11.5. The van der Waals surface area contributed by atoms with E-state index >= 15 is 0 Å². The molecule has 8 heterocycles. The molecular weight excluding hydrogens is 965 g/mol. The van der Waals surface area contributed by atoms with Gasteiger partial charge in [0.2, 0.25) is 5.82 Å². The van der Waals surface area contributed by atoms with Gasteiger partial charge in [-0.1, -0.05) is 72.8 Å². The summed E-state index contributed by atoms with van der Waals surface area (Å²) in [5, 5.41) is 11.3. The molecule has 0 saturated heterocycles. The summed E-state index contributed by atoms with van der Waals surface area (Å²) in [4.78, 5) is 44.0. The molecular formula is C64H37N14+. The maximum absolute atomic E-state index is 11.3. The maximum atomic E-state index is 11.3. The quantitative estimate of drug-likeness (QED) is 0.0897. The third-order valence-corrected chi connectivity index (χ3v) is 14.3. The van der Waals surface area contributed by atoms with E-state index in [0.717, 1.165) is 45.0 Å². The van der Waals surface area contributed by atoms with E-state index in [1.54, 1.807) is 18.6 Å². The van der Waals surface area contributed by atoms with Crippen molar-refractivity contribution in [3.8, 4) is 85.5 Å². The van der Waals surface area contributed by atoms with Gasteiger partial charge >= 0.3 is 5.65 Å². The van der Waals surface area contributed by atoms with Gasteiger partial charge in [0, 0.05) is 74.6 Å². The van der Waals surface area contributed by atoms with E-state index in [4.69, 9.17) is 41.5 Å². The first-order chi connectivity index (χ1) is 38.6.